The van der Waals surface area contributed by atoms with Crippen LogP contribution in [0.15, 0.2) is 18.3 Å². The lowest BCUT2D eigenvalue weighted by molar-refractivity contribution is -0.384. The van der Waals surface area contributed by atoms with Gasteiger partial charge >= 0.3 is 5.69 Å². The van der Waals surface area contributed by atoms with Crippen molar-refractivity contribution in [3.63, 3.8) is 0 Å². The molecule has 0 radical (unpaired) electrons. The van der Waals surface area contributed by atoms with Crippen LogP contribution in [0.5, 0.6) is 0 Å². The smallest absolute Gasteiger partial charge is 0.306 e. The van der Waals surface area contributed by atoms with Crippen LogP contribution in [0.3, 0.4) is 0 Å². The minimum atomic E-state index is -0.724. The molecule has 2 rings (SSSR count). The molecule has 0 aliphatic heterocycles. The third-order valence-electron chi connectivity index (χ3n) is 2.73. The van der Waals surface area contributed by atoms with Crippen LogP contribution in [0.1, 0.15) is 43.4 Å². The van der Waals surface area contributed by atoms with Crippen LogP contribution in [-0.2, 0) is 0 Å². The van der Waals surface area contributed by atoms with Crippen molar-refractivity contribution in [3.8, 4) is 5.00 Å². The van der Waals surface area contributed by atoms with Crippen LogP contribution in [0, 0.1) is 10.1 Å². The van der Waals surface area contributed by atoms with Crippen molar-refractivity contribution < 1.29 is 10.0 Å². The average Bonchev–Trinajstić information content (AvgIpc) is 2.95. The molecule has 0 aliphatic rings. The maximum absolute atomic E-state index is 11.1. The third-order valence-corrected chi connectivity index (χ3v) is 4.01. The minimum Gasteiger partial charge on any atom is -0.388 e. The Bertz CT molecular complexity index is 601. The van der Waals surface area contributed by atoms with Crippen LogP contribution in [0.4, 0.5) is 5.69 Å². The Labute approximate surface area is 114 Å². The molecule has 1 N–H and O–H groups in total. The topological polar surface area (TPSA) is 81.2 Å². The Morgan fingerprint density at radius 3 is 2.63 bits per heavy atom. The molecule has 0 aromatic carbocycles. The second-order valence-electron chi connectivity index (χ2n) is 4.61. The van der Waals surface area contributed by atoms with E-state index >= 15 is 0 Å². The Morgan fingerprint density at radius 1 is 1.47 bits per heavy atom. The molecule has 1 atom stereocenters. The van der Waals surface area contributed by atoms with Crippen molar-refractivity contribution in [1.82, 2.24) is 9.78 Å². The molecule has 0 saturated heterocycles. The minimum absolute atomic E-state index is 0.0284. The SMILES string of the molecule is CC(C)c1ccn(-c2sc([C@H](C)O)cc2[N+](=O)[O-])n1. The molecule has 102 valence electrons. The van der Waals surface area contributed by atoms with E-state index in [2.05, 4.69) is 5.10 Å². The molecule has 2 heterocycles. The molecular weight excluding hydrogens is 266 g/mol. The van der Waals surface area contributed by atoms with Gasteiger partial charge in [-0.15, -0.1) is 11.3 Å². The number of hydrogen-bond donors (Lipinski definition) is 1. The fraction of sp³-hybridized carbons (Fsp3) is 0.417. The first kappa shape index (κ1) is 13.7. The third kappa shape index (κ3) is 2.66. The fourth-order valence-electron chi connectivity index (χ4n) is 1.65. The van der Waals surface area contributed by atoms with Crippen LogP contribution >= 0.6 is 11.3 Å². The summed E-state index contributed by atoms with van der Waals surface area (Å²) in [4.78, 5) is 11.2. The van der Waals surface area contributed by atoms with Crippen LogP contribution < -0.4 is 0 Å². The first-order valence-electron chi connectivity index (χ1n) is 5.92. The van der Waals surface area contributed by atoms with Gasteiger partial charge in [-0.05, 0) is 18.9 Å². The quantitative estimate of drug-likeness (QED) is 0.690. The zero-order valence-corrected chi connectivity index (χ0v) is 11.7. The molecule has 19 heavy (non-hydrogen) atoms. The fourth-order valence-corrected chi connectivity index (χ4v) is 2.65. The molecule has 0 bridgehead atoms. The lowest BCUT2D eigenvalue weighted by Crippen LogP contribution is -1.98. The van der Waals surface area contributed by atoms with Crippen molar-refractivity contribution in [2.24, 2.45) is 0 Å². The number of aliphatic hydroxyl groups excluding tert-OH is 1. The van der Waals surface area contributed by atoms with E-state index in [0.29, 0.717) is 9.88 Å². The van der Waals surface area contributed by atoms with Gasteiger partial charge in [0.25, 0.3) is 0 Å². The maximum Gasteiger partial charge on any atom is 0.306 e. The van der Waals surface area contributed by atoms with E-state index in [0.717, 1.165) is 5.69 Å². The molecular formula is C12H15N3O3S. The van der Waals surface area contributed by atoms with Crippen molar-refractivity contribution in [2.75, 3.05) is 0 Å². The van der Waals surface area contributed by atoms with Gasteiger partial charge in [0.2, 0.25) is 0 Å². The van der Waals surface area contributed by atoms with Gasteiger partial charge in [-0.2, -0.15) is 5.10 Å². The molecule has 0 spiro atoms. The summed E-state index contributed by atoms with van der Waals surface area (Å²) in [6.45, 7) is 5.61. The van der Waals surface area contributed by atoms with Gasteiger partial charge in [0.05, 0.1) is 16.7 Å². The average molecular weight is 281 g/mol. The lowest BCUT2D eigenvalue weighted by atomic mass is 10.1. The molecule has 0 fully saturated rings. The van der Waals surface area contributed by atoms with Gasteiger partial charge in [-0.1, -0.05) is 13.8 Å². The highest BCUT2D eigenvalue weighted by molar-refractivity contribution is 7.15. The van der Waals surface area contributed by atoms with E-state index < -0.39 is 11.0 Å². The van der Waals surface area contributed by atoms with Gasteiger partial charge in [-0.25, -0.2) is 4.68 Å². The molecule has 0 amide bonds. The second-order valence-corrected chi connectivity index (χ2v) is 5.67. The predicted molar refractivity (Wildman–Crippen MR) is 72.8 cm³/mol. The van der Waals surface area contributed by atoms with Gasteiger partial charge < -0.3 is 5.11 Å². The summed E-state index contributed by atoms with van der Waals surface area (Å²) in [7, 11) is 0. The lowest BCUT2D eigenvalue weighted by Gasteiger charge is -1.99. The zero-order valence-electron chi connectivity index (χ0n) is 10.9. The van der Waals surface area contributed by atoms with E-state index in [1.54, 1.807) is 13.1 Å². The first-order valence-corrected chi connectivity index (χ1v) is 6.74. The summed E-state index contributed by atoms with van der Waals surface area (Å²) < 4.78 is 1.50. The number of aromatic nitrogens is 2. The van der Waals surface area contributed by atoms with E-state index in [4.69, 9.17) is 0 Å². The summed E-state index contributed by atoms with van der Waals surface area (Å²) in [6.07, 6.45) is 0.984. The van der Waals surface area contributed by atoms with E-state index in [9.17, 15) is 15.2 Å². The summed E-state index contributed by atoms with van der Waals surface area (Å²) in [5.41, 5.74) is 0.848. The van der Waals surface area contributed by atoms with Crippen LogP contribution in [0.25, 0.3) is 5.00 Å². The van der Waals surface area contributed by atoms with E-state index in [1.165, 1.54) is 22.1 Å². The second kappa shape index (κ2) is 5.10. The normalized spacial score (nSPS) is 12.9. The number of rotatable bonds is 4. The summed E-state index contributed by atoms with van der Waals surface area (Å²) in [5.74, 6) is 0.261. The molecule has 7 heteroatoms. The predicted octanol–water partition coefficient (Wildman–Crippen LogP) is 3.02. The summed E-state index contributed by atoms with van der Waals surface area (Å²) in [5, 5.41) is 25.4. The zero-order chi connectivity index (χ0) is 14.2. The Hall–Kier alpha value is -1.73. The molecule has 2 aromatic heterocycles. The standard InChI is InChI=1S/C12H15N3O3S/c1-7(2)9-4-5-14(13-9)12-10(15(17)18)6-11(19-12)8(3)16/h4-8,16H,1-3H3/t8-/m0/s1. The van der Waals surface area contributed by atoms with Crippen molar-refractivity contribution >= 4 is 17.0 Å². The van der Waals surface area contributed by atoms with Crippen molar-refractivity contribution in [2.45, 2.75) is 32.8 Å². The number of nitro groups is 1. The van der Waals surface area contributed by atoms with Gasteiger partial charge in [0.15, 0.2) is 5.00 Å². The Balaban J connectivity index is 2.50. The van der Waals surface area contributed by atoms with Gasteiger partial charge in [-0.3, -0.25) is 10.1 Å². The largest absolute Gasteiger partial charge is 0.388 e. The van der Waals surface area contributed by atoms with Gasteiger partial charge in [0, 0.05) is 17.1 Å². The Morgan fingerprint density at radius 2 is 2.16 bits per heavy atom. The van der Waals surface area contributed by atoms with Crippen molar-refractivity contribution in [3.05, 3.63) is 39.0 Å². The molecule has 0 saturated carbocycles. The Kier molecular flexibility index (Phi) is 3.68. The van der Waals surface area contributed by atoms with Crippen molar-refractivity contribution in [1.29, 1.82) is 0 Å². The summed E-state index contributed by atoms with van der Waals surface area (Å²) >= 11 is 1.18. The maximum atomic E-state index is 11.1. The number of aliphatic hydroxyl groups is 1. The molecule has 2 aromatic rings. The summed E-state index contributed by atoms with van der Waals surface area (Å²) in [6, 6.07) is 3.25. The highest BCUT2D eigenvalue weighted by Crippen LogP contribution is 2.35. The number of nitrogens with zero attached hydrogens (tertiary/aromatic N) is 3. The van der Waals surface area contributed by atoms with E-state index in [1.807, 2.05) is 19.9 Å². The highest BCUT2D eigenvalue weighted by Gasteiger charge is 2.23. The van der Waals surface area contributed by atoms with Crippen LogP contribution in [0.2, 0.25) is 0 Å². The molecule has 0 aliphatic carbocycles. The highest BCUT2D eigenvalue weighted by atomic mass is 32.1. The van der Waals surface area contributed by atoms with E-state index in [-0.39, 0.29) is 11.6 Å². The number of hydrogen-bond acceptors (Lipinski definition) is 5. The monoisotopic (exact) mass is 281 g/mol. The van der Waals surface area contributed by atoms with Crippen LogP contribution in [-0.4, -0.2) is 19.8 Å². The first-order chi connectivity index (χ1) is 8.90. The molecule has 6 nitrogen and oxygen atoms in total. The molecule has 0 unspecified atom stereocenters. The van der Waals surface area contributed by atoms with Gasteiger partial charge in [0.1, 0.15) is 0 Å². The number of thiophene rings is 1.